The molecule has 0 aliphatic heterocycles. The van der Waals surface area contributed by atoms with Crippen molar-refractivity contribution in [1.29, 1.82) is 5.26 Å². The van der Waals surface area contributed by atoms with Crippen LogP contribution in [0.3, 0.4) is 0 Å². The van der Waals surface area contributed by atoms with Gasteiger partial charge >= 0.3 is 0 Å². The van der Waals surface area contributed by atoms with Crippen LogP contribution < -0.4 is 5.32 Å². The second-order valence-electron chi connectivity index (χ2n) is 6.25. The van der Waals surface area contributed by atoms with Gasteiger partial charge in [0.1, 0.15) is 11.6 Å². The Kier molecular flexibility index (Phi) is 5.83. The molecule has 0 aliphatic rings. The first-order chi connectivity index (χ1) is 13.6. The van der Waals surface area contributed by atoms with Crippen LogP contribution in [0.15, 0.2) is 79.0 Å². The van der Waals surface area contributed by atoms with E-state index in [0.29, 0.717) is 17.8 Å². The fourth-order valence-electron chi connectivity index (χ4n) is 2.71. The standard InChI is InChI=1S/C23H20N4O/c1-3-13-25-23(28)19(15-24)14-20-16-27(21-7-5-4-6-8-21)26-22(20)18-11-9-17(2)10-12-18/h3-12,14,16H,1,13H2,2H3,(H,25,28)/b19-14-. The summed E-state index contributed by atoms with van der Waals surface area (Å²) in [7, 11) is 0. The van der Waals surface area contributed by atoms with Gasteiger partial charge in [0.15, 0.2) is 0 Å². The van der Waals surface area contributed by atoms with Gasteiger partial charge in [0.2, 0.25) is 0 Å². The largest absolute Gasteiger partial charge is 0.348 e. The molecular weight excluding hydrogens is 348 g/mol. The molecule has 5 heteroatoms. The summed E-state index contributed by atoms with van der Waals surface area (Å²) in [6.07, 6.45) is 4.96. The van der Waals surface area contributed by atoms with Gasteiger partial charge < -0.3 is 5.32 Å². The minimum absolute atomic E-state index is 0.0165. The van der Waals surface area contributed by atoms with Crippen molar-refractivity contribution < 1.29 is 4.79 Å². The highest BCUT2D eigenvalue weighted by molar-refractivity contribution is 6.02. The highest BCUT2D eigenvalue weighted by Crippen LogP contribution is 2.26. The van der Waals surface area contributed by atoms with Gasteiger partial charge in [-0.25, -0.2) is 4.68 Å². The number of nitrogens with zero attached hydrogens (tertiary/aromatic N) is 3. The molecule has 28 heavy (non-hydrogen) atoms. The number of carbonyl (C=O) groups excluding carboxylic acids is 1. The van der Waals surface area contributed by atoms with E-state index in [-0.39, 0.29) is 5.57 Å². The van der Waals surface area contributed by atoms with Crippen molar-refractivity contribution in [2.24, 2.45) is 0 Å². The smallest absolute Gasteiger partial charge is 0.262 e. The molecule has 0 saturated carbocycles. The summed E-state index contributed by atoms with van der Waals surface area (Å²) in [5.74, 6) is -0.440. The van der Waals surface area contributed by atoms with E-state index in [4.69, 9.17) is 5.10 Å². The van der Waals surface area contributed by atoms with Crippen molar-refractivity contribution in [2.45, 2.75) is 6.92 Å². The van der Waals surface area contributed by atoms with Gasteiger partial charge in [-0.3, -0.25) is 4.79 Å². The van der Waals surface area contributed by atoms with E-state index < -0.39 is 5.91 Å². The molecule has 3 rings (SSSR count). The fraction of sp³-hybridized carbons (Fsp3) is 0.0870. The molecule has 1 amide bonds. The molecular formula is C23H20N4O. The summed E-state index contributed by atoms with van der Waals surface area (Å²) in [6.45, 7) is 5.89. The molecule has 5 nitrogen and oxygen atoms in total. The van der Waals surface area contributed by atoms with Gasteiger partial charge in [0.25, 0.3) is 5.91 Å². The predicted molar refractivity (Wildman–Crippen MR) is 111 cm³/mol. The maximum Gasteiger partial charge on any atom is 0.262 e. The number of carbonyl (C=O) groups is 1. The predicted octanol–water partition coefficient (Wildman–Crippen LogP) is 4.06. The number of para-hydroxylation sites is 1. The summed E-state index contributed by atoms with van der Waals surface area (Å²) in [4.78, 5) is 12.2. The molecule has 0 bridgehead atoms. The van der Waals surface area contributed by atoms with Crippen molar-refractivity contribution in [3.05, 3.63) is 90.1 Å². The van der Waals surface area contributed by atoms with Gasteiger partial charge in [-0.15, -0.1) is 6.58 Å². The Balaban J connectivity index is 2.10. The number of benzene rings is 2. The SMILES string of the molecule is C=CCNC(=O)/C(C#N)=C\c1cn(-c2ccccc2)nc1-c1ccc(C)cc1. The van der Waals surface area contributed by atoms with Crippen molar-refractivity contribution in [3.63, 3.8) is 0 Å². The first kappa shape index (κ1) is 18.9. The molecule has 0 unspecified atom stereocenters. The van der Waals surface area contributed by atoms with E-state index in [1.165, 1.54) is 0 Å². The van der Waals surface area contributed by atoms with Crippen LogP contribution in [-0.2, 0) is 4.79 Å². The van der Waals surface area contributed by atoms with Crippen LogP contribution in [0.2, 0.25) is 0 Å². The molecule has 0 atom stereocenters. The summed E-state index contributed by atoms with van der Waals surface area (Å²) >= 11 is 0. The van der Waals surface area contributed by atoms with Crippen molar-refractivity contribution >= 4 is 12.0 Å². The molecule has 1 N–H and O–H groups in total. The number of amides is 1. The zero-order chi connectivity index (χ0) is 19.9. The van der Waals surface area contributed by atoms with Gasteiger partial charge in [0, 0.05) is 23.9 Å². The number of nitrogens with one attached hydrogen (secondary N) is 1. The molecule has 0 saturated heterocycles. The van der Waals surface area contributed by atoms with Gasteiger partial charge in [-0.1, -0.05) is 54.1 Å². The van der Waals surface area contributed by atoms with Gasteiger partial charge in [-0.2, -0.15) is 10.4 Å². The van der Waals surface area contributed by atoms with Crippen LogP contribution in [0.1, 0.15) is 11.1 Å². The lowest BCUT2D eigenvalue weighted by Crippen LogP contribution is -2.24. The molecule has 0 aliphatic carbocycles. The highest BCUT2D eigenvalue weighted by atomic mass is 16.1. The van der Waals surface area contributed by atoms with Gasteiger partial charge in [-0.05, 0) is 25.1 Å². The zero-order valence-corrected chi connectivity index (χ0v) is 15.6. The summed E-state index contributed by atoms with van der Waals surface area (Å²) in [5.41, 5.74) is 4.36. The molecule has 1 aromatic heterocycles. The third-order valence-electron chi connectivity index (χ3n) is 4.16. The van der Waals surface area contributed by atoms with E-state index in [9.17, 15) is 10.1 Å². The Morgan fingerprint density at radius 2 is 1.93 bits per heavy atom. The first-order valence-corrected chi connectivity index (χ1v) is 8.85. The third kappa shape index (κ3) is 4.25. The van der Waals surface area contributed by atoms with Crippen molar-refractivity contribution in [1.82, 2.24) is 15.1 Å². The number of aromatic nitrogens is 2. The molecule has 3 aromatic rings. The van der Waals surface area contributed by atoms with E-state index in [1.807, 2.05) is 73.8 Å². The maximum absolute atomic E-state index is 12.2. The second kappa shape index (κ2) is 8.65. The molecule has 138 valence electrons. The Morgan fingerprint density at radius 3 is 2.57 bits per heavy atom. The van der Waals surface area contributed by atoms with E-state index in [1.54, 1.807) is 16.8 Å². The average Bonchev–Trinajstić information content (AvgIpc) is 3.15. The number of rotatable bonds is 6. The molecule has 0 fully saturated rings. The zero-order valence-electron chi connectivity index (χ0n) is 15.6. The normalized spacial score (nSPS) is 10.9. The van der Waals surface area contributed by atoms with E-state index >= 15 is 0 Å². The van der Waals surface area contributed by atoms with Crippen LogP contribution in [0.5, 0.6) is 0 Å². The van der Waals surface area contributed by atoms with Crippen molar-refractivity contribution in [3.8, 4) is 23.0 Å². The minimum atomic E-state index is -0.440. The highest BCUT2D eigenvalue weighted by Gasteiger charge is 2.14. The molecule has 1 heterocycles. The number of hydrogen-bond acceptors (Lipinski definition) is 3. The summed E-state index contributed by atoms with van der Waals surface area (Å²) in [5, 5.41) is 16.8. The van der Waals surface area contributed by atoms with Crippen LogP contribution >= 0.6 is 0 Å². The first-order valence-electron chi connectivity index (χ1n) is 8.85. The number of nitriles is 1. The maximum atomic E-state index is 12.2. The molecule has 0 radical (unpaired) electrons. The third-order valence-corrected chi connectivity index (χ3v) is 4.16. The second-order valence-corrected chi connectivity index (χ2v) is 6.25. The summed E-state index contributed by atoms with van der Waals surface area (Å²) < 4.78 is 1.75. The monoisotopic (exact) mass is 368 g/mol. The number of aryl methyl sites for hydroxylation is 1. The molecule has 2 aromatic carbocycles. The van der Waals surface area contributed by atoms with E-state index in [2.05, 4.69) is 11.9 Å². The van der Waals surface area contributed by atoms with Crippen LogP contribution in [0, 0.1) is 18.3 Å². The Labute approximate surface area is 164 Å². The fourth-order valence-corrected chi connectivity index (χ4v) is 2.71. The Bertz CT molecular complexity index is 1050. The van der Waals surface area contributed by atoms with Gasteiger partial charge in [0.05, 0.1) is 11.4 Å². The Hall–Kier alpha value is -3.91. The minimum Gasteiger partial charge on any atom is -0.348 e. The summed E-state index contributed by atoms with van der Waals surface area (Å²) in [6, 6.07) is 19.6. The average molecular weight is 368 g/mol. The van der Waals surface area contributed by atoms with E-state index in [0.717, 1.165) is 16.8 Å². The lowest BCUT2D eigenvalue weighted by molar-refractivity contribution is -0.116. The lowest BCUT2D eigenvalue weighted by atomic mass is 10.0. The Morgan fingerprint density at radius 1 is 1.21 bits per heavy atom. The van der Waals surface area contributed by atoms with Crippen LogP contribution in [0.4, 0.5) is 0 Å². The molecule has 0 spiro atoms. The topological polar surface area (TPSA) is 70.7 Å². The van der Waals surface area contributed by atoms with Crippen LogP contribution in [-0.4, -0.2) is 22.2 Å². The van der Waals surface area contributed by atoms with Crippen LogP contribution in [0.25, 0.3) is 23.0 Å². The van der Waals surface area contributed by atoms with Crippen molar-refractivity contribution in [2.75, 3.05) is 6.54 Å². The lowest BCUT2D eigenvalue weighted by Gasteiger charge is -2.02. The number of hydrogen-bond donors (Lipinski definition) is 1. The quantitative estimate of drug-likeness (QED) is 0.405.